The Morgan fingerprint density at radius 2 is 1.78 bits per heavy atom. The van der Waals surface area contributed by atoms with Gasteiger partial charge in [0.15, 0.2) is 6.17 Å². The van der Waals surface area contributed by atoms with Gasteiger partial charge < -0.3 is 0 Å². The zero-order valence-electron chi connectivity index (χ0n) is 4.70. The van der Waals surface area contributed by atoms with E-state index in [-0.39, 0.29) is 6.42 Å². The van der Waals surface area contributed by atoms with Crippen molar-refractivity contribution in [2.45, 2.75) is 12.6 Å². The molecule has 0 aliphatic carbocycles. The van der Waals surface area contributed by atoms with E-state index in [1.807, 2.05) is 0 Å². The van der Waals surface area contributed by atoms with Crippen molar-refractivity contribution in [2.75, 3.05) is 0 Å². The molecular weight excluding hydrogens is 120 g/mol. The van der Waals surface area contributed by atoms with Gasteiger partial charge in [0.05, 0.1) is 0 Å². The van der Waals surface area contributed by atoms with Crippen LogP contribution in [0.3, 0.4) is 0 Å². The molecule has 47 valence electrons. The van der Waals surface area contributed by atoms with Crippen LogP contribution in [0, 0.1) is 6.92 Å². The van der Waals surface area contributed by atoms with Crippen LogP contribution in [-0.2, 0) is 9.59 Å². The summed E-state index contributed by atoms with van der Waals surface area (Å²) in [7, 11) is 0. The summed E-state index contributed by atoms with van der Waals surface area (Å²) in [6.45, 7) is 3.38. The lowest BCUT2D eigenvalue weighted by atomic mass is 10.4. The molecule has 0 aromatic carbocycles. The van der Waals surface area contributed by atoms with E-state index in [0.29, 0.717) is 0 Å². The van der Waals surface area contributed by atoms with Crippen LogP contribution in [0.4, 0.5) is 0 Å². The average Bonchev–Trinajstić information content (AvgIpc) is 1.88. The van der Waals surface area contributed by atoms with Gasteiger partial charge in [-0.05, 0) is 13.3 Å². The molecule has 1 radical (unpaired) electrons. The number of aliphatic imine (C=N–C) groups is 2. The number of isocyanates is 2. The molecule has 9 heavy (non-hydrogen) atoms. The molecule has 0 spiro atoms. The van der Waals surface area contributed by atoms with Crippen LogP contribution in [0.2, 0.25) is 0 Å². The Morgan fingerprint density at radius 1 is 1.33 bits per heavy atom. The molecule has 0 bridgehead atoms. The fourth-order valence-electron chi connectivity index (χ4n) is 0.280. The summed E-state index contributed by atoms with van der Waals surface area (Å²) in [5, 5.41) is 0. The van der Waals surface area contributed by atoms with Gasteiger partial charge in [-0.1, -0.05) is 0 Å². The average molecular weight is 125 g/mol. The molecule has 0 amide bonds. The van der Waals surface area contributed by atoms with E-state index in [1.54, 1.807) is 0 Å². The fraction of sp³-hybridized carbons (Fsp3) is 0.400. The van der Waals surface area contributed by atoms with Crippen molar-refractivity contribution in [3.63, 3.8) is 0 Å². The summed E-state index contributed by atoms with van der Waals surface area (Å²) in [6, 6.07) is 0. The SMILES string of the molecule is [CH2]CC(N=C=O)N=C=O. The maximum atomic E-state index is 9.54. The van der Waals surface area contributed by atoms with E-state index >= 15 is 0 Å². The molecule has 0 unspecified atom stereocenters. The van der Waals surface area contributed by atoms with Crippen molar-refractivity contribution >= 4 is 12.2 Å². The van der Waals surface area contributed by atoms with Gasteiger partial charge in [0.1, 0.15) is 0 Å². The normalized spacial score (nSPS) is 10.8. The fourth-order valence-corrected chi connectivity index (χ4v) is 0.280. The van der Waals surface area contributed by atoms with Gasteiger partial charge in [-0.3, -0.25) is 0 Å². The smallest absolute Gasteiger partial charge is 0.211 e. The lowest BCUT2D eigenvalue weighted by Crippen LogP contribution is -1.95. The Bertz CT molecular complexity index is 148. The molecule has 0 aliphatic heterocycles. The van der Waals surface area contributed by atoms with Crippen LogP contribution in [-0.4, -0.2) is 18.3 Å². The van der Waals surface area contributed by atoms with Crippen LogP contribution in [0.15, 0.2) is 9.98 Å². The van der Waals surface area contributed by atoms with Crippen molar-refractivity contribution in [2.24, 2.45) is 9.98 Å². The number of hydrogen-bond donors (Lipinski definition) is 0. The molecular formula is C5H5N2O2. The highest BCUT2D eigenvalue weighted by atomic mass is 16.1. The first-order valence-electron chi connectivity index (χ1n) is 2.28. The topological polar surface area (TPSA) is 58.9 Å². The van der Waals surface area contributed by atoms with Crippen LogP contribution >= 0.6 is 0 Å². The third-order valence-corrected chi connectivity index (χ3v) is 0.662. The van der Waals surface area contributed by atoms with E-state index in [1.165, 1.54) is 12.2 Å². The van der Waals surface area contributed by atoms with Gasteiger partial charge in [0.25, 0.3) is 0 Å². The van der Waals surface area contributed by atoms with Crippen LogP contribution in [0.1, 0.15) is 6.42 Å². The minimum Gasteiger partial charge on any atom is -0.211 e. The van der Waals surface area contributed by atoms with Crippen LogP contribution in [0.25, 0.3) is 0 Å². The highest BCUT2D eigenvalue weighted by Gasteiger charge is 1.96. The molecule has 0 saturated heterocycles. The summed E-state index contributed by atoms with van der Waals surface area (Å²) < 4.78 is 0. The Morgan fingerprint density at radius 3 is 2.00 bits per heavy atom. The highest BCUT2D eigenvalue weighted by molar-refractivity contribution is 5.36. The molecule has 4 nitrogen and oxygen atoms in total. The maximum absolute atomic E-state index is 9.54. The minimum absolute atomic E-state index is 0.268. The molecule has 0 heterocycles. The van der Waals surface area contributed by atoms with Crippen molar-refractivity contribution in [3.05, 3.63) is 6.92 Å². The van der Waals surface area contributed by atoms with Crippen LogP contribution in [0.5, 0.6) is 0 Å². The number of rotatable bonds is 3. The van der Waals surface area contributed by atoms with Crippen molar-refractivity contribution in [1.29, 1.82) is 0 Å². The van der Waals surface area contributed by atoms with Gasteiger partial charge in [0.2, 0.25) is 12.2 Å². The second-order valence-corrected chi connectivity index (χ2v) is 1.21. The summed E-state index contributed by atoms with van der Waals surface area (Å²) >= 11 is 0. The highest BCUT2D eigenvalue weighted by Crippen LogP contribution is 1.94. The third-order valence-electron chi connectivity index (χ3n) is 0.662. The largest absolute Gasteiger partial charge is 0.237 e. The molecule has 0 aromatic rings. The summed E-state index contributed by atoms with van der Waals surface area (Å²) in [5.41, 5.74) is 0. The monoisotopic (exact) mass is 125 g/mol. The molecule has 0 rings (SSSR count). The first-order valence-corrected chi connectivity index (χ1v) is 2.28. The second-order valence-electron chi connectivity index (χ2n) is 1.21. The molecule has 0 saturated carbocycles. The van der Waals surface area contributed by atoms with Crippen molar-refractivity contribution in [3.8, 4) is 0 Å². The molecule has 0 atom stereocenters. The quantitative estimate of drug-likeness (QED) is 0.399. The number of hydrogen-bond acceptors (Lipinski definition) is 4. The van der Waals surface area contributed by atoms with Gasteiger partial charge in [-0.2, -0.15) is 9.98 Å². The second kappa shape index (κ2) is 4.91. The van der Waals surface area contributed by atoms with E-state index in [9.17, 15) is 9.59 Å². The first kappa shape index (κ1) is 7.76. The third kappa shape index (κ3) is 3.35. The minimum atomic E-state index is -0.694. The van der Waals surface area contributed by atoms with Gasteiger partial charge in [-0.15, -0.1) is 0 Å². The lowest BCUT2D eigenvalue weighted by molar-refractivity contribution is 0.549. The van der Waals surface area contributed by atoms with E-state index in [4.69, 9.17) is 0 Å². The first-order chi connectivity index (χ1) is 4.35. The van der Waals surface area contributed by atoms with Crippen molar-refractivity contribution < 1.29 is 9.59 Å². The molecule has 0 N–H and O–H groups in total. The standard InChI is InChI=1S/C5H5N2O2/c1-2-5(6-3-8)7-4-9/h5H,1-2H2. The predicted molar refractivity (Wildman–Crippen MR) is 30.0 cm³/mol. The number of carbonyl (C=O) groups excluding carboxylic acids is 2. The maximum Gasteiger partial charge on any atom is 0.237 e. The molecule has 4 heteroatoms. The summed E-state index contributed by atoms with van der Waals surface area (Å²) in [4.78, 5) is 25.3. The zero-order valence-corrected chi connectivity index (χ0v) is 4.70. The zero-order chi connectivity index (χ0) is 7.11. The van der Waals surface area contributed by atoms with E-state index in [0.717, 1.165) is 0 Å². The lowest BCUT2D eigenvalue weighted by Gasteiger charge is -1.92. The Hall–Kier alpha value is -1.24. The van der Waals surface area contributed by atoms with Gasteiger partial charge >= 0.3 is 0 Å². The Labute approximate surface area is 52.3 Å². The van der Waals surface area contributed by atoms with Crippen LogP contribution < -0.4 is 0 Å². The van der Waals surface area contributed by atoms with Gasteiger partial charge in [-0.25, -0.2) is 9.59 Å². The molecule has 0 aliphatic rings. The molecule has 0 aromatic heterocycles. The summed E-state index contributed by atoms with van der Waals surface area (Å²) in [6.07, 6.45) is 2.11. The predicted octanol–water partition coefficient (Wildman–Crippen LogP) is 0.208. The van der Waals surface area contributed by atoms with Crippen molar-refractivity contribution in [1.82, 2.24) is 0 Å². The van der Waals surface area contributed by atoms with Gasteiger partial charge in [0, 0.05) is 0 Å². The van der Waals surface area contributed by atoms with E-state index < -0.39 is 6.17 Å². The Kier molecular flexibility index (Phi) is 4.23. The molecule has 0 fully saturated rings. The summed E-state index contributed by atoms with van der Waals surface area (Å²) in [5.74, 6) is 0. The van der Waals surface area contributed by atoms with E-state index in [2.05, 4.69) is 16.9 Å². The number of nitrogens with zero attached hydrogens (tertiary/aromatic N) is 2. The Balaban J connectivity index is 3.97.